The lowest BCUT2D eigenvalue weighted by Gasteiger charge is -2.20. The Morgan fingerprint density at radius 3 is 2.35 bits per heavy atom. The van der Waals surface area contributed by atoms with Gasteiger partial charge in [-0.25, -0.2) is 0 Å². The van der Waals surface area contributed by atoms with E-state index in [1.165, 1.54) is 7.11 Å². The average molecular weight is 364 g/mol. The maximum Gasteiger partial charge on any atom is 0.254 e. The third kappa shape index (κ3) is 6.52. The Bertz CT molecular complexity index is 612. The largest absolute Gasteiger partial charge is 0.497 e. The maximum atomic E-state index is 12.8. The van der Waals surface area contributed by atoms with Gasteiger partial charge in [0.25, 0.3) is 5.91 Å². The number of rotatable bonds is 9. The summed E-state index contributed by atoms with van der Waals surface area (Å²) in [4.78, 5) is 12.8. The summed E-state index contributed by atoms with van der Waals surface area (Å²) in [5, 5.41) is 10.4. The van der Waals surface area contributed by atoms with E-state index >= 15 is 0 Å². The highest BCUT2D eigenvalue weighted by Gasteiger charge is 2.21. The molecule has 1 atom stereocenters. The van der Waals surface area contributed by atoms with Gasteiger partial charge in [0.15, 0.2) is 0 Å². The van der Waals surface area contributed by atoms with Crippen LogP contribution in [0.5, 0.6) is 11.5 Å². The van der Waals surface area contributed by atoms with Crippen LogP contribution in [-0.4, -0.2) is 39.2 Å². The minimum Gasteiger partial charge on any atom is -0.497 e. The van der Waals surface area contributed by atoms with Gasteiger partial charge >= 0.3 is 0 Å². The van der Waals surface area contributed by atoms with Gasteiger partial charge in [-0.2, -0.15) is 0 Å². The quantitative estimate of drug-likeness (QED) is 0.394. The van der Waals surface area contributed by atoms with Crippen molar-refractivity contribution in [1.29, 1.82) is 5.41 Å². The van der Waals surface area contributed by atoms with Crippen LogP contribution in [0.15, 0.2) is 23.8 Å². The van der Waals surface area contributed by atoms with E-state index in [0.29, 0.717) is 41.2 Å². The molecule has 26 heavy (non-hydrogen) atoms. The SMILES string of the molecule is CC.CCOC(CC)NC(=O)/C(=C(/C)C=N)c1ccc(OC)cc1OC. The van der Waals surface area contributed by atoms with Crippen molar-refractivity contribution < 1.29 is 19.0 Å². The van der Waals surface area contributed by atoms with Crippen LogP contribution in [0.2, 0.25) is 0 Å². The standard InChI is InChI=1S/C18H26N2O4.C2H6/c1-6-16(24-7-2)20-18(21)17(12(3)11-19)14-9-8-13(22-4)10-15(14)23-5;1-2/h8-11,16,19H,6-7H2,1-5H3,(H,20,21);1-2H3/b17-12-,19-11?;. The molecular formula is C20H32N2O4. The van der Waals surface area contributed by atoms with Gasteiger partial charge in [0.1, 0.15) is 17.7 Å². The van der Waals surface area contributed by atoms with Crippen LogP contribution in [0.25, 0.3) is 5.57 Å². The molecule has 1 unspecified atom stereocenters. The monoisotopic (exact) mass is 364 g/mol. The Hall–Kier alpha value is -2.34. The number of carbonyl (C=O) groups is 1. The van der Waals surface area contributed by atoms with Crippen molar-refractivity contribution in [3.63, 3.8) is 0 Å². The molecule has 0 aliphatic carbocycles. The van der Waals surface area contributed by atoms with Crippen molar-refractivity contribution in [2.45, 2.75) is 47.3 Å². The molecule has 2 N–H and O–H groups in total. The van der Waals surface area contributed by atoms with Gasteiger partial charge in [-0.1, -0.05) is 20.8 Å². The zero-order valence-electron chi connectivity index (χ0n) is 16.9. The Kier molecular flexibility index (Phi) is 11.8. The van der Waals surface area contributed by atoms with Gasteiger partial charge in [0.2, 0.25) is 0 Å². The molecule has 1 aromatic rings. The first-order valence-electron chi connectivity index (χ1n) is 8.88. The summed E-state index contributed by atoms with van der Waals surface area (Å²) in [5.74, 6) is 0.827. The van der Waals surface area contributed by atoms with E-state index in [4.69, 9.17) is 19.6 Å². The Morgan fingerprint density at radius 2 is 1.88 bits per heavy atom. The van der Waals surface area contributed by atoms with Crippen molar-refractivity contribution in [2.75, 3.05) is 20.8 Å². The van der Waals surface area contributed by atoms with Gasteiger partial charge in [0, 0.05) is 24.5 Å². The summed E-state index contributed by atoms with van der Waals surface area (Å²) >= 11 is 0. The van der Waals surface area contributed by atoms with Crippen LogP contribution in [0.1, 0.15) is 46.6 Å². The molecule has 0 fully saturated rings. The molecule has 6 heteroatoms. The van der Waals surface area contributed by atoms with E-state index < -0.39 is 0 Å². The van der Waals surface area contributed by atoms with Gasteiger partial charge in [-0.3, -0.25) is 4.79 Å². The summed E-state index contributed by atoms with van der Waals surface area (Å²) in [6.07, 6.45) is 1.43. The molecule has 0 spiro atoms. The molecule has 0 heterocycles. The summed E-state index contributed by atoms with van der Waals surface area (Å²) in [6, 6.07) is 5.21. The third-order valence-corrected chi connectivity index (χ3v) is 3.55. The van der Waals surface area contributed by atoms with E-state index in [1.807, 2.05) is 27.7 Å². The lowest BCUT2D eigenvalue weighted by Crippen LogP contribution is -2.37. The summed E-state index contributed by atoms with van der Waals surface area (Å²) in [5.41, 5.74) is 1.51. The molecule has 1 rings (SSSR count). The number of amides is 1. The summed E-state index contributed by atoms with van der Waals surface area (Å²) < 4.78 is 16.1. The first-order valence-corrected chi connectivity index (χ1v) is 8.88. The predicted octanol–water partition coefficient (Wildman–Crippen LogP) is 4.04. The minimum atomic E-state index is -0.375. The highest BCUT2D eigenvalue weighted by Crippen LogP contribution is 2.31. The van der Waals surface area contributed by atoms with E-state index in [9.17, 15) is 4.79 Å². The van der Waals surface area contributed by atoms with Gasteiger partial charge in [-0.05, 0) is 38.0 Å². The van der Waals surface area contributed by atoms with Crippen LogP contribution in [0, 0.1) is 5.41 Å². The third-order valence-electron chi connectivity index (χ3n) is 3.55. The molecule has 146 valence electrons. The number of ether oxygens (including phenoxy) is 3. The molecule has 0 radical (unpaired) electrons. The lowest BCUT2D eigenvalue weighted by atomic mass is 9.98. The molecule has 6 nitrogen and oxygen atoms in total. The maximum absolute atomic E-state index is 12.8. The van der Waals surface area contributed by atoms with Crippen molar-refractivity contribution in [3.05, 3.63) is 29.3 Å². The van der Waals surface area contributed by atoms with Crippen molar-refractivity contribution in [1.82, 2.24) is 5.32 Å². The smallest absolute Gasteiger partial charge is 0.254 e. The Morgan fingerprint density at radius 1 is 1.23 bits per heavy atom. The fourth-order valence-electron chi connectivity index (χ4n) is 2.27. The fraction of sp³-hybridized carbons (Fsp3) is 0.500. The number of nitrogens with one attached hydrogen (secondary N) is 2. The van der Waals surface area contributed by atoms with Gasteiger partial charge in [0.05, 0.1) is 19.8 Å². The topological polar surface area (TPSA) is 80.6 Å². The molecule has 0 bridgehead atoms. The van der Waals surface area contributed by atoms with Crippen LogP contribution >= 0.6 is 0 Å². The lowest BCUT2D eigenvalue weighted by molar-refractivity contribution is -0.119. The van der Waals surface area contributed by atoms with Gasteiger partial charge in [-0.15, -0.1) is 0 Å². The zero-order chi connectivity index (χ0) is 20.1. The van der Waals surface area contributed by atoms with E-state index in [0.717, 1.165) is 6.21 Å². The molecule has 1 aromatic carbocycles. The second kappa shape index (κ2) is 12.9. The van der Waals surface area contributed by atoms with E-state index in [1.54, 1.807) is 32.2 Å². The fourth-order valence-corrected chi connectivity index (χ4v) is 2.27. The molecular weight excluding hydrogens is 332 g/mol. The van der Waals surface area contributed by atoms with Crippen LogP contribution in [-0.2, 0) is 9.53 Å². The Balaban J connectivity index is 0.00000301. The minimum absolute atomic E-state index is 0.306. The number of carbonyl (C=O) groups excluding carboxylic acids is 1. The first-order chi connectivity index (χ1) is 12.5. The second-order valence-corrected chi connectivity index (χ2v) is 5.09. The van der Waals surface area contributed by atoms with Crippen molar-refractivity contribution in [3.8, 4) is 11.5 Å². The van der Waals surface area contributed by atoms with Crippen LogP contribution in [0.4, 0.5) is 0 Å². The van der Waals surface area contributed by atoms with Crippen LogP contribution < -0.4 is 14.8 Å². The molecule has 0 saturated carbocycles. The highest BCUT2D eigenvalue weighted by atomic mass is 16.5. The number of hydrogen-bond acceptors (Lipinski definition) is 5. The molecule has 1 amide bonds. The van der Waals surface area contributed by atoms with Crippen molar-refractivity contribution >= 4 is 17.7 Å². The molecule has 0 aromatic heterocycles. The summed E-state index contributed by atoms with van der Waals surface area (Å²) in [6.45, 7) is 10.0. The molecule has 0 aliphatic heterocycles. The van der Waals surface area contributed by atoms with Gasteiger partial charge < -0.3 is 24.9 Å². The average Bonchev–Trinajstić information content (AvgIpc) is 2.69. The molecule has 0 saturated heterocycles. The number of allylic oxidation sites excluding steroid dienone is 1. The van der Waals surface area contributed by atoms with Crippen molar-refractivity contribution in [2.24, 2.45) is 0 Å². The highest BCUT2D eigenvalue weighted by molar-refractivity contribution is 6.24. The normalized spacial score (nSPS) is 12.1. The van der Waals surface area contributed by atoms with E-state index in [-0.39, 0.29) is 12.1 Å². The Labute approximate surface area is 157 Å². The van der Waals surface area contributed by atoms with E-state index in [2.05, 4.69) is 5.32 Å². The zero-order valence-corrected chi connectivity index (χ0v) is 16.9. The predicted molar refractivity (Wildman–Crippen MR) is 106 cm³/mol. The number of hydrogen-bond donors (Lipinski definition) is 2. The first kappa shape index (κ1) is 23.7. The summed E-state index contributed by atoms with van der Waals surface area (Å²) in [7, 11) is 3.09. The van der Waals surface area contributed by atoms with Crippen LogP contribution in [0.3, 0.4) is 0 Å². The second-order valence-electron chi connectivity index (χ2n) is 5.09. The molecule has 0 aliphatic rings. The number of benzene rings is 1. The number of methoxy groups -OCH3 is 2.